The summed E-state index contributed by atoms with van der Waals surface area (Å²) in [7, 11) is 0. The fraction of sp³-hybridized carbons (Fsp3) is 0.625. The highest BCUT2D eigenvalue weighted by molar-refractivity contribution is 5.96. The summed E-state index contributed by atoms with van der Waals surface area (Å²) in [6, 6.07) is 6.72. The Labute approximate surface area is 178 Å². The van der Waals surface area contributed by atoms with Crippen LogP contribution in [0.5, 0.6) is 0 Å². The van der Waals surface area contributed by atoms with Crippen LogP contribution < -0.4 is 10.6 Å². The first-order valence-corrected chi connectivity index (χ1v) is 11.2. The Bertz CT molecular complexity index is 780. The van der Waals surface area contributed by atoms with Crippen molar-refractivity contribution in [3.8, 4) is 0 Å². The van der Waals surface area contributed by atoms with Gasteiger partial charge in [-0.05, 0) is 86.5 Å². The van der Waals surface area contributed by atoms with Gasteiger partial charge in [0.25, 0.3) is 5.91 Å². The van der Waals surface area contributed by atoms with E-state index in [1.54, 1.807) is 24.3 Å². The van der Waals surface area contributed by atoms with Crippen LogP contribution in [-0.4, -0.2) is 30.9 Å². The van der Waals surface area contributed by atoms with Crippen molar-refractivity contribution in [1.82, 2.24) is 5.32 Å². The second-order valence-electron chi connectivity index (χ2n) is 10.0. The quantitative estimate of drug-likeness (QED) is 0.668. The molecule has 4 bridgehead atoms. The van der Waals surface area contributed by atoms with Crippen LogP contribution >= 0.6 is 0 Å². The Kier molecular flexibility index (Phi) is 5.85. The number of esters is 1. The van der Waals surface area contributed by atoms with E-state index in [1.165, 1.54) is 19.3 Å². The van der Waals surface area contributed by atoms with E-state index in [4.69, 9.17) is 4.74 Å². The van der Waals surface area contributed by atoms with Gasteiger partial charge in [-0.1, -0.05) is 13.8 Å². The molecule has 1 aromatic carbocycles. The number of nitrogens with one attached hydrogen (secondary N) is 2. The topological polar surface area (TPSA) is 84.5 Å². The zero-order chi connectivity index (χ0) is 21.3. The monoisotopic (exact) mass is 412 g/mol. The Balaban J connectivity index is 1.30. The van der Waals surface area contributed by atoms with Crippen molar-refractivity contribution < 1.29 is 19.1 Å². The Morgan fingerprint density at radius 3 is 2.10 bits per heavy atom. The number of anilines is 1. The van der Waals surface area contributed by atoms with E-state index in [-0.39, 0.29) is 23.8 Å². The average Bonchev–Trinajstić information content (AvgIpc) is 2.70. The lowest BCUT2D eigenvalue weighted by molar-refractivity contribution is -0.140. The molecule has 4 saturated carbocycles. The van der Waals surface area contributed by atoms with Gasteiger partial charge in [0, 0.05) is 12.2 Å². The molecule has 0 radical (unpaired) electrons. The zero-order valence-corrected chi connectivity index (χ0v) is 17.9. The summed E-state index contributed by atoms with van der Waals surface area (Å²) in [6.07, 6.45) is 6.98. The molecule has 0 unspecified atom stereocenters. The fourth-order valence-corrected chi connectivity index (χ4v) is 5.93. The van der Waals surface area contributed by atoms with Gasteiger partial charge in [-0.15, -0.1) is 0 Å². The number of benzene rings is 1. The molecule has 5 rings (SSSR count). The predicted molar refractivity (Wildman–Crippen MR) is 114 cm³/mol. The van der Waals surface area contributed by atoms with Crippen molar-refractivity contribution in [1.29, 1.82) is 0 Å². The summed E-state index contributed by atoms with van der Waals surface area (Å²) in [5.74, 6) is 1.78. The second kappa shape index (κ2) is 8.40. The summed E-state index contributed by atoms with van der Waals surface area (Å²) in [4.78, 5) is 37.0. The number of ether oxygens (including phenoxy) is 1. The molecule has 6 nitrogen and oxygen atoms in total. The van der Waals surface area contributed by atoms with Crippen LogP contribution in [0.4, 0.5) is 5.69 Å². The van der Waals surface area contributed by atoms with Gasteiger partial charge in [-0.2, -0.15) is 0 Å². The maximum atomic E-state index is 13.1. The molecular formula is C24H32N2O4. The van der Waals surface area contributed by atoms with Gasteiger partial charge in [0.1, 0.15) is 0 Å². The van der Waals surface area contributed by atoms with Crippen LogP contribution in [0.15, 0.2) is 24.3 Å². The fourth-order valence-electron chi connectivity index (χ4n) is 5.93. The molecule has 4 fully saturated rings. The lowest BCUT2D eigenvalue weighted by Crippen LogP contribution is -2.51. The minimum absolute atomic E-state index is 0.138. The van der Waals surface area contributed by atoms with Gasteiger partial charge >= 0.3 is 5.97 Å². The van der Waals surface area contributed by atoms with Crippen molar-refractivity contribution in [2.24, 2.45) is 29.1 Å². The second-order valence-corrected chi connectivity index (χ2v) is 10.0. The van der Waals surface area contributed by atoms with E-state index < -0.39 is 5.97 Å². The van der Waals surface area contributed by atoms with Crippen LogP contribution in [0.2, 0.25) is 0 Å². The van der Waals surface area contributed by atoms with E-state index in [9.17, 15) is 14.4 Å². The highest BCUT2D eigenvalue weighted by Gasteiger charge is 2.54. The maximum Gasteiger partial charge on any atom is 0.338 e. The minimum atomic E-state index is -0.548. The molecule has 0 heterocycles. The molecule has 0 aromatic heterocycles. The van der Waals surface area contributed by atoms with Crippen LogP contribution in [0.1, 0.15) is 62.7 Å². The summed E-state index contributed by atoms with van der Waals surface area (Å²) in [5, 5.41) is 5.80. The van der Waals surface area contributed by atoms with E-state index in [1.807, 2.05) is 13.8 Å². The average molecular weight is 413 g/mol. The minimum Gasteiger partial charge on any atom is -0.452 e. The summed E-state index contributed by atoms with van der Waals surface area (Å²) in [5.41, 5.74) is 0.858. The third kappa shape index (κ3) is 4.52. The predicted octanol–water partition coefficient (Wildman–Crippen LogP) is 3.77. The maximum absolute atomic E-state index is 13.1. The first-order valence-electron chi connectivity index (χ1n) is 11.2. The molecule has 2 N–H and O–H groups in total. The van der Waals surface area contributed by atoms with Gasteiger partial charge in [0.2, 0.25) is 5.91 Å². The molecule has 0 saturated heterocycles. The third-order valence-corrected chi connectivity index (χ3v) is 6.94. The molecule has 6 heteroatoms. The standard InChI is InChI=1S/C24H32N2O4/c1-15(2)13-25-21(27)14-30-22(28)19-3-5-20(6-4-19)26-23(29)24-10-16-7-17(11-24)9-18(8-16)12-24/h3-6,15-18H,7-14H2,1-2H3,(H,25,27)(H,26,29). The summed E-state index contributed by atoms with van der Waals surface area (Å²) >= 11 is 0. The van der Waals surface area contributed by atoms with Gasteiger partial charge in [-0.3, -0.25) is 9.59 Å². The SMILES string of the molecule is CC(C)CNC(=O)COC(=O)c1ccc(NC(=O)C23CC4CC(CC(C4)C2)C3)cc1. The van der Waals surface area contributed by atoms with E-state index in [0.29, 0.717) is 23.7 Å². The van der Waals surface area contributed by atoms with Crippen molar-refractivity contribution >= 4 is 23.5 Å². The number of hydrogen-bond donors (Lipinski definition) is 2. The normalized spacial score (nSPS) is 29.0. The van der Waals surface area contributed by atoms with Crippen LogP contribution in [0.25, 0.3) is 0 Å². The number of carbonyl (C=O) groups is 3. The Morgan fingerprint density at radius 2 is 1.57 bits per heavy atom. The summed E-state index contributed by atoms with van der Waals surface area (Å²) < 4.78 is 5.07. The highest BCUT2D eigenvalue weighted by Crippen LogP contribution is 2.60. The van der Waals surface area contributed by atoms with Gasteiger partial charge < -0.3 is 15.4 Å². The van der Waals surface area contributed by atoms with Crippen molar-refractivity contribution in [2.75, 3.05) is 18.5 Å². The van der Waals surface area contributed by atoms with Crippen LogP contribution in [0, 0.1) is 29.1 Å². The van der Waals surface area contributed by atoms with E-state index in [2.05, 4.69) is 10.6 Å². The third-order valence-electron chi connectivity index (χ3n) is 6.94. The molecule has 4 aliphatic carbocycles. The number of amides is 2. The molecule has 0 spiro atoms. The van der Waals surface area contributed by atoms with Crippen molar-refractivity contribution in [3.05, 3.63) is 29.8 Å². The Morgan fingerprint density at radius 1 is 1.00 bits per heavy atom. The molecular weight excluding hydrogens is 380 g/mol. The number of hydrogen-bond acceptors (Lipinski definition) is 4. The first kappa shape index (κ1) is 20.9. The molecule has 4 aliphatic rings. The van der Waals surface area contributed by atoms with E-state index in [0.717, 1.165) is 37.0 Å². The molecule has 30 heavy (non-hydrogen) atoms. The van der Waals surface area contributed by atoms with Gasteiger partial charge in [0.15, 0.2) is 6.61 Å². The van der Waals surface area contributed by atoms with Gasteiger partial charge in [0.05, 0.1) is 11.0 Å². The van der Waals surface area contributed by atoms with Crippen LogP contribution in [0.3, 0.4) is 0 Å². The zero-order valence-electron chi connectivity index (χ0n) is 17.9. The van der Waals surface area contributed by atoms with E-state index >= 15 is 0 Å². The lowest BCUT2D eigenvalue weighted by atomic mass is 9.49. The first-order chi connectivity index (χ1) is 14.3. The number of rotatable bonds is 7. The molecule has 1 aromatic rings. The van der Waals surface area contributed by atoms with Crippen molar-refractivity contribution in [2.45, 2.75) is 52.4 Å². The smallest absolute Gasteiger partial charge is 0.338 e. The molecule has 2 amide bonds. The van der Waals surface area contributed by atoms with Crippen LogP contribution in [-0.2, 0) is 14.3 Å². The van der Waals surface area contributed by atoms with Crippen molar-refractivity contribution in [3.63, 3.8) is 0 Å². The van der Waals surface area contributed by atoms with Gasteiger partial charge in [-0.25, -0.2) is 4.79 Å². The Hall–Kier alpha value is -2.37. The lowest BCUT2D eigenvalue weighted by Gasteiger charge is -2.55. The summed E-state index contributed by atoms with van der Waals surface area (Å²) in [6.45, 7) is 4.25. The highest BCUT2D eigenvalue weighted by atomic mass is 16.5. The largest absolute Gasteiger partial charge is 0.452 e. The molecule has 0 atom stereocenters. The molecule has 0 aliphatic heterocycles. The molecule has 162 valence electrons. The number of carbonyl (C=O) groups excluding carboxylic acids is 3.